The quantitative estimate of drug-likeness (QED) is 0.841. The average Bonchev–Trinajstić information content (AvgIpc) is 2.94. The standard InChI is InChI=1S/C19H27N3O2/c1-6-11-22(18(23)20-19(3,4)5)13-15-12-17(21-24-15)16-10-8-7-9-14(16)2/h6-10,15H,1,11-13H2,2-5H3,(H,20,23)/t15-/m0/s1. The summed E-state index contributed by atoms with van der Waals surface area (Å²) < 4.78 is 0. The van der Waals surface area contributed by atoms with Crippen LogP contribution in [0.4, 0.5) is 4.79 Å². The minimum atomic E-state index is -0.282. The highest BCUT2D eigenvalue weighted by Gasteiger charge is 2.28. The Labute approximate surface area is 144 Å². The SMILES string of the molecule is C=CCN(C[C@@H]1CC(c2ccccc2C)=NO1)C(=O)NC(C)(C)C. The molecule has 24 heavy (non-hydrogen) atoms. The Morgan fingerprint density at radius 2 is 2.17 bits per heavy atom. The Bertz CT molecular complexity index is 632. The van der Waals surface area contributed by atoms with Gasteiger partial charge in [0.25, 0.3) is 0 Å². The first kappa shape index (κ1) is 18.0. The summed E-state index contributed by atoms with van der Waals surface area (Å²) in [6.07, 6.45) is 2.28. The van der Waals surface area contributed by atoms with Crippen LogP contribution in [0.5, 0.6) is 0 Å². The van der Waals surface area contributed by atoms with Crippen molar-refractivity contribution < 1.29 is 9.63 Å². The molecule has 2 amide bonds. The second-order valence-corrected chi connectivity index (χ2v) is 7.16. The third-order valence-corrected chi connectivity index (χ3v) is 3.73. The lowest BCUT2D eigenvalue weighted by molar-refractivity contribution is 0.0621. The average molecular weight is 329 g/mol. The van der Waals surface area contributed by atoms with Crippen LogP contribution in [0.15, 0.2) is 42.1 Å². The second kappa shape index (κ2) is 7.51. The lowest BCUT2D eigenvalue weighted by Gasteiger charge is -2.28. The molecule has 0 saturated carbocycles. The highest BCUT2D eigenvalue weighted by atomic mass is 16.6. The van der Waals surface area contributed by atoms with E-state index in [1.54, 1.807) is 11.0 Å². The predicted octanol–water partition coefficient (Wildman–Crippen LogP) is 3.48. The molecule has 2 rings (SSSR count). The van der Waals surface area contributed by atoms with Crippen molar-refractivity contribution in [2.45, 2.75) is 45.8 Å². The van der Waals surface area contributed by atoms with E-state index in [4.69, 9.17) is 4.84 Å². The Morgan fingerprint density at radius 3 is 2.79 bits per heavy atom. The molecule has 0 bridgehead atoms. The second-order valence-electron chi connectivity index (χ2n) is 7.16. The molecule has 1 aromatic rings. The van der Waals surface area contributed by atoms with E-state index >= 15 is 0 Å². The minimum Gasteiger partial charge on any atom is -0.390 e. The van der Waals surface area contributed by atoms with Crippen molar-refractivity contribution in [2.75, 3.05) is 13.1 Å². The van der Waals surface area contributed by atoms with Crippen LogP contribution in [0.3, 0.4) is 0 Å². The molecule has 0 saturated heterocycles. The third-order valence-electron chi connectivity index (χ3n) is 3.73. The largest absolute Gasteiger partial charge is 0.390 e. The highest BCUT2D eigenvalue weighted by molar-refractivity contribution is 6.02. The number of rotatable bonds is 5. The van der Waals surface area contributed by atoms with E-state index in [1.807, 2.05) is 39.0 Å². The Hall–Kier alpha value is -2.30. The number of aryl methyl sites for hydroxylation is 1. The van der Waals surface area contributed by atoms with Crippen molar-refractivity contribution in [3.8, 4) is 0 Å². The van der Waals surface area contributed by atoms with Crippen LogP contribution in [-0.2, 0) is 4.84 Å². The maximum Gasteiger partial charge on any atom is 0.318 e. The van der Waals surface area contributed by atoms with Crippen LogP contribution in [0, 0.1) is 6.92 Å². The van der Waals surface area contributed by atoms with Crippen molar-refractivity contribution in [3.63, 3.8) is 0 Å². The highest BCUT2D eigenvalue weighted by Crippen LogP contribution is 2.20. The Morgan fingerprint density at radius 1 is 1.46 bits per heavy atom. The zero-order valence-corrected chi connectivity index (χ0v) is 15.0. The van der Waals surface area contributed by atoms with Gasteiger partial charge in [0.05, 0.1) is 12.3 Å². The Kier molecular flexibility index (Phi) is 5.65. The number of amides is 2. The molecule has 1 aliphatic rings. The van der Waals surface area contributed by atoms with Crippen molar-refractivity contribution in [2.24, 2.45) is 5.16 Å². The number of hydrogen-bond donors (Lipinski definition) is 1. The van der Waals surface area contributed by atoms with Crippen LogP contribution in [0.2, 0.25) is 0 Å². The number of oxime groups is 1. The van der Waals surface area contributed by atoms with E-state index in [-0.39, 0.29) is 17.7 Å². The molecular formula is C19H27N3O2. The molecule has 0 spiro atoms. The van der Waals surface area contributed by atoms with Crippen molar-refractivity contribution >= 4 is 11.7 Å². The molecular weight excluding hydrogens is 302 g/mol. The molecule has 130 valence electrons. The van der Waals surface area contributed by atoms with Gasteiger partial charge < -0.3 is 15.1 Å². The normalized spacial score (nSPS) is 17.0. The molecule has 0 radical (unpaired) electrons. The van der Waals surface area contributed by atoms with Crippen LogP contribution in [0.1, 0.15) is 38.3 Å². The third kappa shape index (κ3) is 4.85. The Balaban J connectivity index is 1.99. The number of carbonyl (C=O) groups excluding carboxylic acids is 1. The topological polar surface area (TPSA) is 53.9 Å². The molecule has 1 aromatic carbocycles. The number of hydrogen-bond acceptors (Lipinski definition) is 3. The van der Waals surface area contributed by atoms with Crippen LogP contribution >= 0.6 is 0 Å². The zero-order chi connectivity index (χ0) is 17.7. The van der Waals surface area contributed by atoms with Gasteiger partial charge in [-0.1, -0.05) is 35.5 Å². The predicted molar refractivity (Wildman–Crippen MR) is 97.3 cm³/mol. The van der Waals surface area contributed by atoms with Gasteiger partial charge in [0, 0.05) is 24.1 Å². The van der Waals surface area contributed by atoms with E-state index in [2.05, 4.69) is 30.0 Å². The van der Waals surface area contributed by atoms with E-state index in [0.717, 1.165) is 11.3 Å². The van der Waals surface area contributed by atoms with Gasteiger partial charge in [-0.25, -0.2) is 4.79 Å². The van der Waals surface area contributed by atoms with Gasteiger partial charge in [0.2, 0.25) is 0 Å². The number of nitrogens with zero attached hydrogens (tertiary/aromatic N) is 2. The number of urea groups is 1. The zero-order valence-electron chi connectivity index (χ0n) is 15.0. The van der Waals surface area contributed by atoms with Gasteiger partial charge in [-0.2, -0.15) is 0 Å². The fraction of sp³-hybridized carbons (Fsp3) is 0.474. The molecule has 0 fully saturated rings. The summed E-state index contributed by atoms with van der Waals surface area (Å²) in [7, 11) is 0. The van der Waals surface area contributed by atoms with Gasteiger partial charge in [0.15, 0.2) is 6.10 Å². The molecule has 1 aliphatic heterocycles. The molecule has 1 heterocycles. The van der Waals surface area contributed by atoms with Crippen molar-refractivity contribution in [1.82, 2.24) is 10.2 Å². The van der Waals surface area contributed by atoms with Crippen molar-refractivity contribution in [1.29, 1.82) is 0 Å². The number of carbonyl (C=O) groups is 1. The van der Waals surface area contributed by atoms with Crippen LogP contribution in [0.25, 0.3) is 0 Å². The van der Waals surface area contributed by atoms with Gasteiger partial charge >= 0.3 is 6.03 Å². The van der Waals surface area contributed by atoms with E-state index in [1.165, 1.54) is 5.56 Å². The summed E-state index contributed by atoms with van der Waals surface area (Å²) in [5.41, 5.74) is 2.94. The van der Waals surface area contributed by atoms with Crippen molar-refractivity contribution in [3.05, 3.63) is 48.0 Å². The summed E-state index contributed by atoms with van der Waals surface area (Å²) in [5.74, 6) is 0. The molecule has 5 heteroatoms. The lowest BCUT2D eigenvalue weighted by Crippen LogP contribution is -2.50. The first-order valence-electron chi connectivity index (χ1n) is 8.27. The number of benzene rings is 1. The van der Waals surface area contributed by atoms with Crippen LogP contribution < -0.4 is 5.32 Å². The molecule has 5 nitrogen and oxygen atoms in total. The maximum absolute atomic E-state index is 12.4. The summed E-state index contributed by atoms with van der Waals surface area (Å²) in [6, 6.07) is 8.00. The summed E-state index contributed by atoms with van der Waals surface area (Å²) in [4.78, 5) is 19.7. The van der Waals surface area contributed by atoms with E-state index < -0.39 is 0 Å². The fourth-order valence-corrected chi connectivity index (χ4v) is 2.62. The first-order chi connectivity index (χ1) is 11.3. The summed E-state index contributed by atoms with van der Waals surface area (Å²) in [6.45, 7) is 12.6. The van der Waals surface area contributed by atoms with E-state index in [0.29, 0.717) is 19.5 Å². The van der Waals surface area contributed by atoms with Gasteiger partial charge in [-0.3, -0.25) is 0 Å². The van der Waals surface area contributed by atoms with Gasteiger partial charge in [0.1, 0.15) is 0 Å². The summed E-state index contributed by atoms with van der Waals surface area (Å²) >= 11 is 0. The molecule has 0 unspecified atom stereocenters. The fourth-order valence-electron chi connectivity index (χ4n) is 2.62. The molecule has 0 aliphatic carbocycles. The first-order valence-corrected chi connectivity index (χ1v) is 8.27. The molecule has 1 atom stereocenters. The van der Waals surface area contributed by atoms with E-state index in [9.17, 15) is 4.79 Å². The van der Waals surface area contributed by atoms with Gasteiger partial charge in [-0.15, -0.1) is 6.58 Å². The number of nitrogens with one attached hydrogen (secondary N) is 1. The minimum absolute atomic E-state index is 0.115. The molecule has 1 N–H and O–H groups in total. The summed E-state index contributed by atoms with van der Waals surface area (Å²) in [5, 5.41) is 7.20. The van der Waals surface area contributed by atoms with Crippen LogP contribution in [-0.4, -0.2) is 41.4 Å². The molecule has 0 aromatic heterocycles. The lowest BCUT2D eigenvalue weighted by atomic mass is 10.0. The smallest absolute Gasteiger partial charge is 0.318 e. The maximum atomic E-state index is 12.4. The monoisotopic (exact) mass is 329 g/mol. The van der Waals surface area contributed by atoms with Gasteiger partial charge in [-0.05, 0) is 33.3 Å².